The molecule has 27 heavy (non-hydrogen) atoms. The summed E-state index contributed by atoms with van der Waals surface area (Å²) in [5.41, 5.74) is 4.30. The third kappa shape index (κ3) is 4.51. The van der Waals surface area contributed by atoms with E-state index in [1.54, 1.807) is 0 Å². The van der Waals surface area contributed by atoms with E-state index in [2.05, 4.69) is 10.5 Å². The van der Waals surface area contributed by atoms with E-state index in [0.29, 0.717) is 17.2 Å². The minimum absolute atomic E-state index is 0.000404. The van der Waals surface area contributed by atoms with Gasteiger partial charge in [-0.2, -0.15) is 5.10 Å². The van der Waals surface area contributed by atoms with Crippen LogP contribution in [0.25, 0.3) is 0 Å². The van der Waals surface area contributed by atoms with Crippen molar-refractivity contribution in [3.63, 3.8) is 0 Å². The highest BCUT2D eigenvalue weighted by Gasteiger charge is 2.22. The summed E-state index contributed by atoms with van der Waals surface area (Å²) in [6, 6.07) is 8.32. The number of benzene rings is 2. The van der Waals surface area contributed by atoms with Crippen LogP contribution < -0.4 is 19.6 Å². The highest BCUT2D eigenvalue weighted by molar-refractivity contribution is 5.88. The topological polar surface area (TPSA) is 112 Å². The zero-order valence-corrected chi connectivity index (χ0v) is 14.7. The van der Waals surface area contributed by atoms with Gasteiger partial charge in [0, 0.05) is 0 Å². The van der Waals surface area contributed by atoms with Gasteiger partial charge in [-0.3, -0.25) is 14.9 Å². The number of rotatable bonds is 6. The van der Waals surface area contributed by atoms with E-state index in [-0.39, 0.29) is 24.7 Å². The molecule has 0 spiro atoms. The number of hydrogen-bond acceptors (Lipinski definition) is 7. The average molecular weight is 371 g/mol. The number of ether oxygens (including phenoxy) is 3. The van der Waals surface area contributed by atoms with Gasteiger partial charge < -0.3 is 14.2 Å². The standard InChI is InChI=1S/C18H17N3O6/c1-11-3-12(2)5-14(4-11)25-9-18(22)20-19-8-13-6-16-17(27-10-26-16)7-15(13)21(23)24/h3-8H,9-10H2,1-2H3,(H,20,22)/b19-8+. The number of carbonyl (C=O) groups excluding carboxylic acids is 1. The van der Waals surface area contributed by atoms with Gasteiger partial charge in [0.25, 0.3) is 11.6 Å². The number of nitro benzene ring substituents is 1. The molecule has 0 aromatic heterocycles. The number of amides is 1. The molecule has 0 bridgehead atoms. The predicted molar refractivity (Wildman–Crippen MR) is 96.4 cm³/mol. The quantitative estimate of drug-likeness (QED) is 0.474. The van der Waals surface area contributed by atoms with Crippen LogP contribution in [0, 0.1) is 24.0 Å². The molecule has 1 aliphatic rings. The molecular weight excluding hydrogens is 354 g/mol. The maximum Gasteiger partial charge on any atom is 0.282 e. The molecule has 9 nitrogen and oxygen atoms in total. The summed E-state index contributed by atoms with van der Waals surface area (Å²) in [7, 11) is 0. The van der Waals surface area contributed by atoms with Crippen LogP contribution in [-0.2, 0) is 4.79 Å². The Bertz CT molecular complexity index is 905. The minimum atomic E-state index is -0.561. The Morgan fingerprint density at radius 1 is 1.22 bits per heavy atom. The summed E-state index contributed by atoms with van der Waals surface area (Å²) in [6.45, 7) is 3.63. The number of nitro groups is 1. The second-order valence-electron chi connectivity index (χ2n) is 5.93. The predicted octanol–water partition coefficient (Wildman–Crippen LogP) is 2.47. The number of hydrazone groups is 1. The highest BCUT2D eigenvalue weighted by Crippen LogP contribution is 2.37. The number of aryl methyl sites for hydroxylation is 2. The lowest BCUT2D eigenvalue weighted by molar-refractivity contribution is -0.385. The van der Waals surface area contributed by atoms with Crippen molar-refractivity contribution in [2.45, 2.75) is 13.8 Å². The Hall–Kier alpha value is -3.62. The first-order chi connectivity index (χ1) is 12.9. The van der Waals surface area contributed by atoms with E-state index >= 15 is 0 Å². The van der Waals surface area contributed by atoms with Crippen molar-refractivity contribution in [3.8, 4) is 17.2 Å². The third-order valence-corrected chi connectivity index (χ3v) is 3.68. The van der Waals surface area contributed by atoms with Gasteiger partial charge in [0.1, 0.15) is 5.75 Å². The van der Waals surface area contributed by atoms with Crippen LogP contribution in [0.15, 0.2) is 35.4 Å². The van der Waals surface area contributed by atoms with Gasteiger partial charge in [-0.1, -0.05) is 6.07 Å². The molecule has 1 amide bonds. The van der Waals surface area contributed by atoms with Crippen LogP contribution in [-0.4, -0.2) is 30.4 Å². The van der Waals surface area contributed by atoms with E-state index in [1.165, 1.54) is 18.3 Å². The van der Waals surface area contributed by atoms with Crippen LogP contribution in [0.3, 0.4) is 0 Å². The summed E-state index contributed by atoms with van der Waals surface area (Å²) in [4.78, 5) is 22.5. The van der Waals surface area contributed by atoms with E-state index in [4.69, 9.17) is 14.2 Å². The maximum atomic E-state index is 11.9. The molecule has 2 aromatic rings. The van der Waals surface area contributed by atoms with Crippen molar-refractivity contribution in [2.24, 2.45) is 5.10 Å². The smallest absolute Gasteiger partial charge is 0.282 e. The lowest BCUT2D eigenvalue weighted by Crippen LogP contribution is -2.24. The zero-order chi connectivity index (χ0) is 19.4. The second kappa shape index (κ2) is 7.73. The van der Waals surface area contributed by atoms with E-state index in [9.17, 15) is 14.9 Å². The summed E-state index contributed by atoms with van der Waals surface area (Å²) in [6.07, 6.45) is 1.18. The van der Waals surface area contributed by atoms with E-state index < -0.39 is 10.8 Å². The summed E-state index contributed by atoms with van der Waals surface area (Å²) in [5.74, 6) is 0.767. The van der Waals surface area contributed by atoms with Gasteiger partial charge in [-0.25, -0.2) is 5.43 Å². The first-order valence-corrected chi connectivity index (χ1v) is 8.03. The van der Waals surface area contributed by atoms with Gasteiger partial charge >= 0.3 is 0 Å². The molecule has 0 radical (unpaired) electrons. The van der Waals surface area contributed by atoms with Crippen LogP contribution in [0.4, 0.5) is 5.69 Å². The van der Waals surface area contributed by atoms with Crippen molar-refractivity contribution < 1.29 is 23.9 Å². The number of carbonyl (C=O) groups is 1. The minimum Gasteiger partial charge on any atom is -0.484 e. The molecule has 1 aliphatic heterocycles. The fraction of sp³-hybridized carbons (Fsp3) is 0.222. The van der Waals surface area contributed by atoms with Crippen molar-refractivity contribution in [1.29, 1.82) is 0 Å². The van der Waals surface area contributed by atoms with Gasteiger partial charge in [-0.05, 0) is 43.2 Å². The molecule has 0 atom stereocenters. The Morgan fingerprint density at radius 3 is 2.56 bits per heavy atom. The molecule has 1 N–H and O–H groups in total. The van der Waals surface area contributed by atoms with Gasteiger partial charge in [-0.15, -0.1) is 0 Å². The Balaban J connectivity index is 1.61. The van der Waals surface area contributed by atoms with Gasteiger partial charge in [0.2, 0.25) is 6.79 Å². The molecule has 140 valence electrons. The summed E-state index contributed by atoms with van der Waals surface area (Å²) < 4.78 is 15.7. The molecule has 0 unspecified atom stereocenters. The van der Waals surface area contributed by atoms with Gasteiger partial charge in [0.05, 0.1) is 22.8 Å². The first-order valence-electron chi connectivity index (χ1n) is 8.03. The van der Waals surface area contributed by atoms with Crippen LogP contribution in [0.1, 0.15) is 16.7 Å². The molecule has 0 fully saturated rings. The van der Waals surface area contributed by atoms with E-state index in [0.717, 1.165) is 11.1 Å². The fourth-order valence-electron chi connectivity index (χ4n) is 2.58. The molecule has 3 rings (SSSR count). The number of fused-ring (bicyclic) bond motifs is 1. The normalized spacial score (nSPS) is 12.2. The lowest BCUT2D eigenvalue weighted by Gasteiger charge is -2.07. The molecular formula is C18H17N3O6. The molecule has 0 saturated heterocycles. The lowest BCUT2D eigenvalue weighted by atomic mass is 10.1. The van der Waals surface area contributed by atoms with Crippen molar-refractivity contribution in [1.82, 2.24) is 5.43 Å². The number of nitrogens with one attached hydrogen (secondary N) is 1. The molecule has 9 heteroatoms. The molecule has 0 saturated carbocycles. The van der Waals surface area contributed by atoms with Crippen molar-refractivity contribution in [3.05, 3.63) is 57.1 Å². The molecule has 2 aromatic carbocycles. The SMILES string of the molecule is Cc1cc(C)cc(OCC(=O)N/N=C/c2cc3c(cc2[N+](=O)[O-])OCO3)c1. The van der Waals surface area contributed by atoms with Gasteiger partial charge in [0.15, 0.2) is 18.1 Å². The summed E-state index contributed by atoms with van der Waals surface area (Å²) in [5, 5.41) is 14.9. The second-order valence-corrected chi connectivity index (χ2v) is 5.93. The zero-order valence-electron chi connectivity index (χ0n) is 14.7. The molecule has 1 heterocycles. The maximum absolute atomic E-state index is 11.9. The van der Waals surface area contributed by atoms with Crippen molar-refractivity contribution >= 4 is 17.8 Å². The Morgan fingerprint density at radius 2 is 1.89 bits per heavy atom. The van der Waals surface area contributed by atoms with Crippen LogP contribution >= 0.6 is 0 Å². The van der Waals surface area contributed by atoms with Crippen LogP contribution in [0.5, 0.6) is 17.2 Å². The molecule has 0 aliphatic carbocycles. The monoisotopic (exact) mass is 371 g/mol. The average Bonchev–Trinajstić information content (AvgIpc) is 3.05. The largest absolute Gasteiger partial charge is 0.484 e. The Labute approximate surface area is 154 Å². The van der Waals surface area contributed by atoms with Crippen LogP contribution in [0.2, 0.25) is 0 Å². The third-order valence-electron chi connectivity index (χ3n) is 3.68. The fourth-order valence-corrected chi connectivity index (χ4v) is 2.58. The Kier molecular flexibility index (Phi) is 5.20. The van der Waals surface area contributed by atoms with Crippen molar-refractivity contribution in [2.75, 3.05) is 13.4 Å². The number of hydrogen-bond donors (Lipinski definition) is 1. The number of nitrogens with zero attached hydrogens (tertiary/aromatic N) is 2. The first kappa shape index (κ1) is 18.2. The highest BCUT2D eigenvalue weighted by atomic mass is 16.7. The van der Waals surface area contributed by atoms with E-state index in [1.807, 2.05) is 32.0 Å². The summed E-state index contributed by atoms with van der Waals surface area (Å²) >= 11 is 0.